The van der Waals surface area contributed by atoms with Crippen molar-refractivity contribution in [2.24, 2.45) is 5.92 Å². The van der Waals surface area contributed by atoms with Crippen molar-refractivity contribution in [2.45, 2.75) is 18.0 Å². The average Bonchev–Trinajstić information content (AvgIpc) is 3.14. The molecule has 1 saturated heterocycles. The zero-order valence-corrected chi connectivity index (χ0v) is 15.8. The van der Waals surface area contributed by atoms with Gasteiger partial charge in [0, 0.05) is 17.7 Å². The average molecular weight is 376 g/mol. The second-order valence-electron chi connectivity index (χ2n) is 7.60. The van der Waals surface area contributed by atoms with Crippen LogP contribution in [-0.2, 0) is 0 Å². The number of ketones is 1. The first-order chi connectivity index (χ1) is 14.3. The van der Waals surface area contributed by atoms with E-state index in [-0.39, 0.29) is 23.7 Å². The number of benzene rings is 3. The molecule has 0 spiro atoms. The Kier molecular flexibility index (Phi) is 4.26. The molecular weight excluding hydrogens is 356 g/mol. The Morgan fingerprint density at radius 3 is 2.24 bits per heavy atom. The van der Waals surface area contributed by atoms with Gasteiger partial charge in [0.25, 0.3) is 0 Å². The van der Waals surface area contributed by atoms with E-state index in [1.165, 1.54) is 0 Å². The van der Waals surface area contributed by atoms with Crippen molar-refractivity contribution in [3.05, 3.63) is 113 Å². The lowest BCUT2D eigenvalue weighted by atomic mass is 9.75. The van der Waals surface area contributed by atoms with E-state index < -0.39 is 6.04 Å². The number of nitrogens with zero attached hydrogens (tertiary/aromatic N) is 2. The highest BCUT2D eigenvalue weighted by molar-refractivity contribution is 5.99. The molecule has 2 aliphatic heterocycles. The Labute approximate surface area is 170 Å². The molecule has 0 radical (unpaired) electrons. The van der Waals surface area contributed by atoms with E-state index in [4.69, 9.17) is 0 Å². The van der Waals surface area contributed by atoms with E-state index in [2.05, 4.69) is 23.1 Å². The second-order valence-corrected chi connectivity index (χ2v) is 7.60. The van der Waals surface area contributed by atoms with Gasteiger partial charge in [-0.3, -0.25) is 4.79 Å². The van der Waals surface area contributed by atoms with Gasteiger partial charge in [-0.05, 0) is 22.8 Å². The summed E-state index contributed by atoms with van der Waals surface area (Å²) in [6.07, 6.45) is 4.04. The van der Waals surface area contributed by atoms with E-state index in [0.717, 1.165) is 16.7 Å². The van der Waals surface area contributed by atoms with E-state index in [9.17, 15) is 10.1 Å². The van der Waals surface area contributed by atoms with Crippen LogP contribution in [0.4, 0.5) is 0 Å². The molecule has 4 atom stereocenters. The van der Waals surface area contributed by atoms with E-state index >= 15 is 0 Å². The van der Waals surface area contributed by atoms with Crippen LogP contribution in [0.5, 0.6) is 0 Å². The quantitative estimate of drug-likeness (QED) is 0.590. The van der Waals surface area contributed by atoms with E-state index in [1.54, 1.807) is 0 Å². The summed E-state index contributed by atoms with van der Waals surface area (Å²) in [5.74, 6) is -0.442. The number of carbonyl (C=O) groups is 1. The number of rotatable bonds is 3. The first-order valence-electron chi connectivity index (χ1n) is 9.88. The van der Waals surface area contributed by atoms with Gasteiger partial charge in [0.1, 0.15) is 6.04 Å². The minimum absolute atomic E-state index is 0.0947. The van der Waals surface area contributed by atoms with Gasteiger partial charge in [0.2, 0.25) is 0 Å². The summed E-state index contributed by atoms with van der Waals surface area (Å²) < 4.78 is 0. The summed E-state index contributed by atoms with van der Waals surface area (Å²) in [5, 5.41) is 10.1. The predicted octanol–water partition coefficient (Wildman–Crippen LogP) is 5.20. The maximum absolute atomic E-state index is 13.8. The van der Waals surface area contributed by atoms with Crippen molar-refractivity contribution in [1.82, 2.24) is 4.90 Å². The maximum atomic E-state index is 13.8. The highest BCUT2D eigenvalue weighted by Gasteiger charge is 2.53. The lowest BCUT2D eigenvalue weighted by Gasteiger charge is -2.32. The normalized spacial score (nSPS) is 24.4. The third-order valence-corrected chi connectivity index (χ3v) is 6.13. The molecule has 0 aromatic heterocycles. The molecule has 0 bridgehead atoms. The first kappa shape index (κ1) is 17.5. The molecule has 3 heteroatoms. The molecule has 3 aromatic carbocycles. The van der Waals surface area contributed by atoms with Crippen LogP contribution >= 0.6 is 0 Å². The Hall–Kier alpha value is -3.64. The van der Waals surface area contributed by atoms with Gasteiger partial charge in [-0.25, -0.2) is 0 Å². The van der Waals surface area contributed by atoms with Crippen LogP contribution in [0.3, 0.4) is 0 Å². The molecule has 5 rings (SSSR count). The van der Waals surface area contributed by atoms with Crippen molar-refractivity contribution in [2.75, 3.05) is 0 Å². The molecule has 0 aliphatic carbocycles. The number of fused-ring (bicyclic) bond motifs is 3. The topological polar surface area (TPSA) is 44.1 Å². The van der Waals surface area contributed by atoms with Crippen LogP contribution < -0.4 is 0 Å². The zero-order valence-electron chi connectivity index (χ0n) is 15.8. The van der Waals surface area contributed by atoms with Crippen molar-refractivity contribution in [1.29, 1.82) is 5.26 Å². The largest absolute Gasteiger partial charge is 0.353 e. The summed E-state index contributed by atoms with van der Waals surface area (Å²) >= 11 is 0. The second kappa shape index (κ2) is 7.07. The molecule has 3 nitrogen and oxygen atoms in total. The van der Waals surface area contributed by atoms with Crippen molar-refractivity contribution in [3.8, 4) is 6.07 Å². The molecule has 29 heavy (non-hydrogen) atoms. The van der Waals surface area contributed by atoms with Crippen LogP contribution in [0.1, 0.15) is 39.0 Å². The minimum Gasteiger partial charge on any atom is -0.353 e. The smallest absolute Gasteiger partial charge is 0.169 e. The zero-order chi connectivity index (χ0) is 19.8. The van der Waals surface area contributed by atoms with Gasteiger partial charge in [-0.15, -0.1) is 0 Å². The van der Waals surface area contributed by atoms with Crippen LogP contribution in [0.2, 0.25) is 0 Å². The van der Waals surface area contributed by atoms with Crippen LogP contribution in [0.25, 0.3) is 6.08 Å². The van der Waals surface area contributed by atoms with Crippen LogP contribution in [-0.4, -0.2) is 16.7 Å². The number of Topliss-reactive ketones (excluding diaryl/α,β-unsaturated/α-hetero) is 1. The van der Waals surface area contributed by atoms with Crippen molar-refractivity contribution in [3.63, 3.8) is 0 Å². The molecule has 4 unspecified atom stereocenters. The Balaban J connectivity index is 1.71. The van der Waals surface area contributed by atoms with E-state index in [0.29, 0.717) is 5.56 Å². The molecule has 2 aliphatic rings. The molecule has 0 amide bonds. The molecule has 2 heterocycles. The number of hydrogen-bond donors (Lipinski definition) is 0. The predicted molar refractivity (Wildman–Crippen MR) is 113 cm³/mol. The molecule has 3 aromatic rings. The third-order valence-electron chi connectivity index (χ3n) is 6.13. The summed E-state index contributed by atoms with van der Waals surface area (Å²) in [7, 11) is 0. The number of nitriles is 1. The molecule has 0 N–H and O–H groups in total. The summed E-state index contributed by atoms with van der Waals surface area (Å²) in [6, 6.07) is 29.6. The summed E-state index contributed by atoms with van der Waals surface area (Å²) in [4.78, 5) is 15.9. The summed E-state index contributed by atoms with van der Waals surface area (Å²) in [5.41, 5.74) is 3.96. The van der Waals surface area contributed by atoms with Crippen LogP contribution in [0, 0.1) is 17.2 Å². The highest BCUT2D eigenvalue weighted by Crippen LogP contribution is 2.53. The van der Waals surface area contributed by atoms with Gasteiger partial charge in [-0.2, -0.15) is 5.26 Å². The molecule has 1 fully saturated rings. The fourth-order valence-corrected chi connectivity index (χ4v) is 4.89. The van der Waals surface area contributed by atoms with Gasteiger partial charge < -0.3 is 4.90 Å². The van der Waals surface area contributed by atoms with Crippen molar-refractivity contribution >= 4 is 11.9 Å². The van der Waals surface area contributed by atoms with Crippen LogP contribution in [0.15, 0.2) is 91.1 Å². The number of hydrogen-bond acceptors (Lipinski definition) is 3. The lowest BCUT2D eigenvalue weighted by Crippen LogP contribution is -2.30. The third kappa shape index (κ3) is 2.77. The Morgan fingerprint density at radius 1 is 0.862 bits per heavy atom. The molecular formula is C26H20N2O. The number of carbonyl (C=O) groups excluding carboxylic acids is 1. The Bertz CT molecular complexity index is 1110. The monoisotopic (exact) mass is 376 g/mol. The van der Waals surface area contributed by atoms with Gasteiger partial charge in [0.15, 0.2) is 5.78 Å². The first-order valence-corrected chi connectivity index (χ1v) is 9.88. The fourth-order valence-electron chi connectivity index (χ4n) is 4.89. The highest BCUT2D eigenvalue weighted by atomic mass is 16.1. The maximum Gasteiger partial charge on any atom is 0.169 e. The summed E-state index contributed by atoms with van der Waals surface area (Å²) in [6.45, 7) is 0. The standard InChI is InChI=1S/C26H20N2O/c27-17-22-23(19-10-3-1-4-11-19)24(26(29)20-12-5-2-6-13-20)25-21-14-8-7-9-18(21)15-16-28(22)25/h1-16,22-25H. The molecule has 140 valence electrons. The minimum atomic E-state index is -0.398. The lowest BCUT2D eigenvalue weighted by molar-refractivity contribution is 0.0884. The van der Waals surface area contributed by atoms with E-state index in [1.807, 2.05) is 85.1 Å². The van der Waals surface area contributed by atoms with Crippen molar-refractivity contribution < 1.29 is 4.79 Å². The van der Waals surface area contributed by atoms with Gasteiger partial charge in [0.05, 0.1) is 18.0 Å². The molecule has 0 saturated carbocycles. The fraction of sp³-hybridized carbons (Fsp3) is 0.154. The van der Waals surface area contributed by atoms with Gasteiger partial charge >= 0.3 is 0 Å². The van der Waals surface area contributed by atoms with Gasteiger partial charge in [-0.1, -0.05) is 84.9 Å². The SMILES string of the molecule is N#CC1C(c2ccccc2)C(C(=O)c2ccccc2)C2c3ccccc3C=CN12. The Morgan fingerprint density at radius 2 is 1.52 bits per heavy atom.